The molecule has 2 N–H and O–H groups in total. The van der Waals surface area contributed by atoms with Gasteiger partial charge < -0.3 is 9.30 Å². The van der Waals surface area contributed by atoms with Crippen molar-refractivity contribution in [1.29, 1.82) is 0 Å². The monoisotopic (exact) mass is 406 g/mol. The van der Waals surface area contributed by atoms with E-state index in [1.807, 2.05) is 13.0 Å². The summed E-state index contributed by atoms with van der Waals surface area (Å²) < 4.78 is 45.8. The maximum absolute atomic E-state index is 13.2. The van der Waals surface area contributed by atoms with Crippen molar-refractivity contribution in [2.24, 2.45) is 0 Å². The third-order valence-corrected chi connectivity index (χ3v) is 3.91. The summed E-state index contributed by atoms with van der Waals surface area (Å²) in [5.74, 6) is -2.22. The number of amides is 2. The van der Waals surface area contributed by atoms with Crippen LogP contribution in [0.4, 0.5) is 13.2 Å². The quantitative estimate of drug-likeness (QED) is 0.638. The number of carbonyl (C=O) groups excluding carboxylic acids is 2. The highest BCUT2D eigenvalue weighted by Gasteiger charge is 2.38. The average molecular weight is 406 g/mol. The Hall–Kier alpha value is -3.56. The van der Waals surface area contributed by atoms with Crippen molar-refractivity contribution >= 4 is 22.8 Å². The lowest BCUT2D eigenvalue weighted by atomic mass is 10.2. The van der Waals surface area contributed by atoms with Gasteiger partial charge in [0.2, 0.25) is 5.82 Å². The molecule has 3 aromatic rings. The fourth-order valence-corrected chi connectivity index (χ4v) is 2.66. The molecule has 1 aromatic heterocycles. The van der Waals surface area contributed by atoms with Gasteiger partial charge in [-0.2, -0.15) is 13.2 Å². The van der Waals surface area contributed by atoms with Crippen LogP contribution in [0, 0.1) is 6.92 Å². The molecule has 7 nitrogen and oxygen atoms in total. The Morgan fingerprint density at radius 3 is 2.52 bits per heavy atom. The number of hydrogen-bond acceptors (Lipinski definition) is 4. The van der Waals surface area contributed by atoms with Gasteiger partial charge in [0.25, 0.3) is 11.8 Å². The largest absolute Gasteiger partial charge is 0.484 e. The van der Waals surface area contributed by atoms with Crippen LogP contribution in [0.1, 0.15) is 11.4 Å². The molecular formula is C19H17F3N4O3. The zero-order chi connectivity index (χ0) is 21.0. The molecule has 0 saturated carbocycles. The molecule has 0 aliphatic carbocycles. The van der Waals surface area contributed by atoms with Crippen molar-refractivity contribution in [2.75, 3.05) is 6.61 Å². The first-order chi connectivity index (χ1) is 13.7. The summed E-state index contributed by atoms with van der Waals surface area (Å²) >= 11 is 0. The fraction of sp³-hybridized carbons (Fsp3) is 0.211. The highest BCUT2D eigenvalue weighted by Crippen LogP contribution is 2.31. The molecule has 1 heterocycles. The maximum atomic E-state index is 13.2. The lowest BCUT2D eigenvalue weighted by Gasteiger charge is -2.12. The number of aromatic nitrogens is 2. The van der Waals surface area contributed by atoms with Gasteiger partial charge in [-0.1, -0.05) is 24.3 Å². The molecule has 2 amide bonds. The smallest absolute Gasteiger partial charge is 0.449 e. The number of para-hydroxylation sites is 2. The number of carbonyl (C=O) groups is 2. The molecule has 0 spiro atoms. The Balaban J connectivity index is 1.60. The van der Waals surface area contributed by atoms with Gasteiger partial charge in [0, 0.05) is 0 Å². The number of rotatable bonds is 5. The highest BCUT2D eigenvalue weighted by atomic mass is 19.4. The molecule has 0 bridgehead atoms. The van der Waals surface area contributed by atoms with E-state index in [2.05, 4.69) is 15.8 Å². The second kappa shape index (κ2) is 8.21. The van der Waals surface area contributed by atoms with E-state index in [0.717, 1.165) is 10.1 Å². The molecule has 2 aromatic carbocycles. The molecular weight excluding hydrogens is 389 g/mol. The maximum Gasteiger partial charge on any atom is 0.449 e. The van der Waals surface area contributed by atoms with Crippen molar-refractivity contribution < 1.29 is 27.5 Å². The Bertz CT molecular complexity index is 1050. The van der Waals surface area contributed by atoms with Crippen LogP contribution in [0.3, 0.4) is 0 Å². The molecule has 0 atom stereocenters. The van der Waals surface area contributed by atoms with Crippen LogP contribution in [-0.2, 0) is 22.3 Å². The Labute approximate surface area is 163 Å². The predicted molar refractivity (Wildman–Crippen MR) is 97.7 cm³/mol. The molecule has 0 unspecified atom stereocenters. The summed E-state index contributed by atoms with van der Waals surface area (Å²) in [6.45, 7) is 0.822. The molecule has 3 rings (SSSR count). The van der Waals surface area contributed by atoms with Crippen LogP contribution in [0.25, 0.3) is 11.0 Å². The minimum Gasteiger partial charge on any atom is -0.484 e. The van der Waals surface area contributed by atoms with Gasteiger partial charge >= 0.3 is 6.18 Å². The van der Waals surface area contributed by atoms with Crippen LogP contribution >= 0.6 is 0 Å². The third-order valence-electron chi connectivity index (χ3n) is 3.91. The summed E-state index contributed by atoms with van der Waals surface area (Å²) in [5, 5.41) is 0. The summed E-state index contributed by atoms with van der Waals surface area (Å²) in [6.07, 6.45) is -4.73. The fourth-order valence-electron chi connectivity index (χ4n) is 2.66. The van der Waals surface area contributed by atoms with Crippen molar-refractivity contribution in [2.45, 2.75) is 19.6 Å². The lowest BCUT2D eigenvalue weighted by Crippen LogP contribution is -2.45. The standard InChI is InChI=1S/C19H17F3N4O3/c1-12-5-4-6-13(9-12)29-11-17(28)25-24-16(27)10-26-15-8-3-2-7-14(15)23-18(26)19(20,21)22/h2-9H,10-11H2,1H3,(H,24,27)(H,25,28). The first-order valence-corrected chi connectivity index (χ1v) is 8.53. The Morgan fingerprint density at radius 1 is 1.07 bits per heavy atom. The lowest BCUT2D eigenvalue weighted by molar-refractivity contribution is -0.147. The van der Waals surface area contributed by atoms with Crippen molar-refractivity contribution in [3.8, 4) is 5.75 Å². The van der Waals surface area contributed by atoms with E-state index in [-0.39, 0.29) is 17.6 Å². The van der Waals surface area contributed by atoms with Crippen molar-refractivity contribution in [3.63, 3.8) is 0 Å². The number of halogens is 3. The molecule has 10 heteroatoms. The number of nitrogens with one attached hydrogen (secondary N) is 2. The number of hydrazine groups is 1. The van der Waals surface area contributed by atoms with Gasteiger partial charge in [-0.25, -0.2) is 4.98 Å². The average Bonchev–Trinajstić information content (AvgIpc) is 3.04. The molecule has 0 fully saturated rings. The number of nitrogens with zero attached hydrogens (tertiary/aromatic N) is 2. The Kier molecular flexibility index (Phi) is 5.71. The number of alkyl halides is 3. The van der Waals surface area contributed by atoms with Gasteiger partial charge in [-0.3, -0.25) is 20.4 Å². The third kappa shape index (κ3) is 5.03. The van der Waals surface area contributed by atoms with Gasteiger partial charge in [0.1, 0.15) is 12.3 Å². The normalized spacial score (nSPS) is 11.3. The highest BCUT2D eigenvalue weighted by molar-refractivity contribution is 5.84. The van der Waals surface area contributed by atoms with Crippen molar-refractivity contribution in [3.05, 3.63) is 59.9 Å². The zero-order valence-electron chi connectivity index (χ0n) is 15.3. The van der Waals surface area contributed by atoms with Gasteiger partial charge in [0.05, 0.1) is 11.0 Å². The van der Waals surface area contributed by atoms with Gasteiger partial charge in [-0.05, 0) is 36.8 Å². The number of aryl methyl sites for hydroxylation is 1. The van der Waals surface area contributed by atoms with Crippen LogP contribution in [-0.4, -0.2) is 28.0 Å². The van der Waals surface area contributed by atoms with Crippen LogP contribution in [0.2, 0.25) is 0 Å². The SMILES string of the molecule is Cc1cccc(OCC(=O)NNC(=O)Cn2c(C(F)(F)F)nc3ccccc32)c1. The van der Waals surface area contributed by atoms with Crippen LogP contribution < -0.4 is 15.6 Å². The van der Waals surface area contributed by atoms with E-state index in [1.165, 1.54) is 12.1 Å². The number of hydrogen-bond donors (Lipinski definition) is 2. The van der Waals surface area contributed by atoms with E-state index < -0.39 is 30.4 Å². The number of fused-ring (bicyclic) bond motifs is 1. The van der Waals surface area contributed by atoms with Crippen LogP contribution in [0.15, 0.2) is 48.5 Å². The van der Waals surface area contributed by atoms with Gasteiger partial charge in [0.15, 0.2) is 6.61 Å². The van der Waals surface area contributed by atoms with Crippen molar-refractivity contribution in [1.82, 2.24) is 20.4 Å². The minimum atomic E-state index is -4.73. The second-order valence-electron chi connectivity index (χ2n) is 6.21. The Morgan fingerprint density at radius 2 is 1.79 bits per heavy atom. The molecule has 152 valence electrons. The first-order valence-electron chi connectivity index (χ1n) is 8.53. The number of ether oxygens (including phenoxy) is 1. The van der Waals surface area contributed by atoms with E-state index in [4.69, 9.17) is 4.74 Å². The number of benzene rings is 2. The molecule has 0 saturated heterocycles. The summed E-state index contributed by atoms with van der Waals surface area (Å²) in [7, 11) is 0. The molecule has 29 heavy (non-hydrogen) atoms. The predicted octanol–water partition coefficient (Wildman–Crippen LogP) is 2.59. The zero-order valence-corrected chi connectivity index (χ0v) is 15.3. The number of imidazole rings is 1. The van der Waals surface area contributed by atoms with E-state index >= 15 is 0 Å². The molecule has 0 radical (unpaired) electrons. The van der Waals surface area contributed by atoms with E-state index in [1.54, 1.807) is 30.3 Å². The first kappa shape index (κ1) is 20.2. The molecule has 0 aliphatic heterocycles. The topological polar surface area (TPSA) is 85.3 Å². The second-order valence-corrected chi connectivity index (χ2v) is 6.21. The molecule has 0 aliphatic rings. The summed E-state index contributed by atoms with van der Waals surface area (Å²) in [5.41, 5.74) is 5.40. The van der Waals surface area contributed by atoms with Gasteiger partial charge in [-0.15, -0.1) is 0 Å². The summed E-state index contributed by atoms with van der Waals surface area (Å²) in [4.78, 5) is 27.4. The van der Waals surface area contributed by atoms with E-state index in [9.17, 15) is 22.8 Å². The minimum absolute atomic E-state index is 0.114. The van der Waals surface area contributed by atoms with E-state index in [0.29, 0.717) is 5.75 Å². The summed E-state index contributed by atoms with van der Waals surface area (Å²) in [6, 6.07) is 13.0. The van der Waals surface area contributed by atoms with Crippen LogP contribution in [0.5, 0.6) is 5.75 Å².